The highest BCUT2D eigenvalue weighted by molar-refractivity contribution is 6.30. The van der Waals surface area contributed by atoms with Crippen LogP contribution in [0.2, 0.25) is 5.02 Å². The first-order valence-electron chi connectivity index (χ1n) is 4.88. The number of rotatable bonds is 3. The van der Waals surface area contributed by atoms with Crippen LogP contribution in [0, 0.1) is 5.92 Å². The number of halogens is 1. The third kappa shape index (κ3) is 2.07. The van der Waals surface area contributed by atoms with Gasteiger partial charge in [-0.05, 0) is 12.5 Å². The Morgan fingerprint density at radius 2 is 2.31 bits per heavy atom. The minimum absolute atomic E-state index is 0.157. The van der Waals surface area contributed by atoms with E-state index in [1.165, 1.54) is 0 Å². The Hall–Kier alpha value is -1.42. The largest absolute Gasteiger partial charge is 0.481 e. The molecular formula is C11H11ClO4. The predicted octanol–water partition coefficient (Wildman–Crippen LogP) is 2.33. The monoisotopic (exact) mass is 242 g/mol. The fourth-order valence-electron chi connectivity index (χ4n) is 1.61. The molecular weight excluding hydrogens is 232 g/mol. The summed E-state index contributed by atoms with van der Waals surface area (Å²) in [5, 5.41) is 9.38. The number of hydrogen-bond acceptors (Lipinski definition) is 3. The molecule has 4 nitrogen and oxygen atoms in total. The second-order valence-electron chi connectivity index (χ2n) is 3.74. The van der Waals surface area contributed by atoms with E-state index in [4.69, 9.17) is 26.2 Å². The zero-order valence-corrected chi connectivity index (χ0v) is 9.45. The van der Waals surface area contributed by atoms with E-state index in [-0.39, 0.29) is 6.79 Å². The van der Waals surface area contributed by atoms with Gasteiger partial charge in [0.1, 0.15) is 0 Å². The van der Waals surface area contributed by atoms with Gasteiger partial charge < -0.3 is 14.6 Å². The Balaban J connectivity index is 2.30. The summed E-state index contributed by atoms with van der Waals surface area (Å²) in [4.78, 5) is 10.8. The molecule has 86 valence electrons. The highest BCUT2D eigenvalue weighted by Gasteiger charge is 2.22. The molecule has 0 aromatic heterocycles. The number of aliphatic carboxylic acids is 1. The molecule has 0 saturated carbocycles. The summed E-state index contributed by atoms with van der Waals surface area (Å²) < 4.78 is 10.5. The van der Waals surface area contributed by atoms with Gasteiger partial charge in [0.05, 0.1) is 5.92 Å². The van der Waals surface area contributed by atoms with Crippen LogP contribution < -0.4 is 9.47 Å². The zero-order chi connectivity index (χ0) is 11.7. The smallest absolute Gasteiger partial charge is 0.306 e. The summed E-state index contributed by atoms with van der Waals surface area (Å²) in [6.07, 6.45) is 0.377. The topological polar surface area (TPSA) is 55.8 Å². The molecule has 1 unspecified atom stereocenters. The standard InChI is InChI=1S/C11H11ClO4/c1-6(11(13)14)2-7-3-8(12)4-9-10(7)16-5-15-9/h3-4,6H,2,5H2,1H3,(H,13,14). The minimum Gasteiger partial charge on any atom is -0.481 e. The van der Waals surface area contributed by atoms with Gasteiger partial charge in [-0.15, -0.1) is 0 Å². The van der Waals surface area contributed by atoms with E-state index in [1.54, 1.807) is 19.1 Å². The maximum Gasteiger partial charge on any atom is 0.306 e. The minimum atomic E-state index is -0.840. The normalized spacial score (nSPS) is 14.9. The van der Waals surface area contributed by atoms with Crippen molar-refractivity contribution in [3.8, 4) is 11.5 Å². The molecule has 1 N–H and O–H groups in total. The van der Waals surface area contributed by atoms with Crippen molar-refractivity contribution in [3.05, 3.63) is 22.7 Å². The molecule has 0 bridgehead atoms. The molecule has 0 fully saturated rings. The Kier molecular flexibility index (Phi) is 2.92. The molecule has 0 aliphatic carbocycles. The van der Waals surface area contributed by atoms with E-state index in [2.05, 4.69) is 0 Å². The summed E-state index contributed by atoms with van der Waals surface area (Å²) in [6.45, 7) is 1.80. The number of carbonyl (C=O) groups is 1. The molecule has 1 aliphatic rings. The zero-order valence-electron chi connectivity index (χ0n) is 8.70. The van der Waals surface area contributed by atoms with Crippen LogP contribution in [0.1, 0.15) is 12.5 Å². The van der Waals surface area contributed by atoms with Gasteiger partial charge in [0.15, 0.2) is 11.5 Å². The van der Waals surface area contributed by atoms with Gasteiger partial charge in [-0.1, -0.05) is 18.5 Å². The molecule has 0 amide bonds. The molecule has 1 atom stereocenters. The van der Waals surface area contributed by atoms with E-state index in [1.807, 2.05) is 0 Å². The van der Waals surface area contributed by atoms with Gasteiger partial charge >= 0.3 is 5.97 Å². The lowest BCUT2D eigenvalue weighted by atomic mass is 10.0. The van der Waals surface area contributed by atoms with Crippen LogP contribution in [-0.4, -0.2) is 17.9 Å². The summed E-state index contributed by atoms with van der Waals surface area (Å²) >= 11 is 5.91. The summed E-state index contributed by atoms with van der Waals surface area (Å²) in [5.74, 6) is -0.128. The van der Waals surface area contributed by atoms with Crippen molar-refractivity contribution in [3.63, 3.8) is 0 Å². The first kappa shape index (κ1) is 11.1. The molecule has 0 radical (unpaired) electrons. The molecule has 2 rings (SSSR count). The maximum atomic E-state index is 10.8. The number of hydrogen-bond donors (Lipinski definition) is 1. The quantitative estimate of drug-likeness (QED) is 0.884. The summed E-state index contributed by atoms with van der Waals surface area (Å²) in [5.41, 5.74) is 0.773. The first-order chi connectivity index (χ1) is 7.58. The Bertz CT molecular complexity index is 430. The van der Waals surface area contributed by atoms with Crippen LogP contribution in [0.15, 0.2) is 12.1 Å². The molecule has 0 spiro atoms. The third-order valence-electron chi connectivity index (χ3n) is 2.46. The van der Waals surface area contributed by atoms with E-state index >= 15 is 0 Å². The van der Waals surface area contributed by atoms with Crippen LogP contribution in [0.25, 0.3) is 0 Å². The third-order valence-corrected chi connectivity index (χ3v) is 2.68. The Morgan fingerprint density at radius 3 is 3.00 bits per heavy atom. The van der Waals surface area contributed by atoms with Crippen LogP contribution in [0.5, 0.6) is 11.5 Å². The molecule has 0 saturated heterocycles. The average molecular weight is 243 g/mol. The van der Waals surface area contributed by atoms with E-state index in [0.717, 1.165) is 5.56 Å². The van der Waals surface area contributed by atoms with Gasteiger partial charge in [0.2, 0.25) is 6.79 Å². The molecule has 5 heteroatoms. The number of fused-ring (bicyclic) bond motifs is 1. The maximum absolute atomic E-state index is 10.8. The second kappa shape index (κ2) is 4.22. The molecule has 1 aliphatic heterocycles. The number of carboxylic acids is 1. The fourth-order valence-corrected chi connectivity index (χ4v) is 1.85. The van der Waals surface area contributed by atoms with Crippen molar-refractivity contribution < 1.29 is 19.4 Å². The van der Waals surface area contributed by atoms with Gasteiger partial charge in [0.25, 0.3) is 0 Å². The molecule has 16 heavy (non-hydrogen) atoms. The van der Waals surface area contributed by atoms with Crippen LogP contribution >= 0.6 is 11.6 Å². The lowest BCUT2D eigenvalue weighted by Gasteiger charge is -2.09. The van der Waals surface area contributed by atoms with Gasteiger partial charge in [-0.2, -0.15) is 0 Å². The lowest BCUT2D eigenvalue weighted by Crippen LogP contribution is -2.12. The average Bonchev–Trinajstić information content (AvgIpc) is 2.65. The van der Waals surface area contributed by atoms with E-state index < -0.39 is 11.9 Å². The van der Waals surface area contributed by atoms with Crippen LogP contribution in [0.4, 0.5) is 0 Å². The van der Waals surface area contributed by atoms with Crippen LogP contribution in [0.3, 0.4) is 0 Å². The molecule has 1 aromatic carbocycles. The Labute approximate surface area is 97.7 Å². The van der Waals surface area contributed by atoms with Gasteiger partial charge in [-0.25, -0.2) is 0 Å². The van der Waals surface area contributed by atoms with Gasteiger partial charge in [-0.3, -0.25) is 4.79 Å². The Morgan fingerprint density at radius 1 is 1.56 bits per heavy atom. The van der Waals surface area contributed by atoms with E-state index in [0.29, 0.717) is 22.9 Å². The van der Waals surface area contributed by atoms with Crippen molar-refractivity contribution >= 4 is 17.6 Å². The van der Waals surface area contributed by atoms with Crippen molar-refractivity contribution in [1.82, 2.24) is 0 Å². The van der Waals surface area contributed by atoms with Crippen molar-refractivity contribution in [2.75, 3.05) is 6.79 Å². The number of ether oxygens (including phenoxy) is 2. The van der Waals surface area contributed by atoms with Crippen molar-refractivity contribution in [1.29, 1.82) is 0 Å². The highest BCUT2D eigenvalue weighted by atomic mass is 35.5. The predicted molar refractivity (Wildman–Crippen MR) is 58.1 cm³/mol. The molecule has 1 heterocycles. The first-order valence-corrected chi connectivity index (χ1v) is 5.26. The van der Waals surface area contributed by atoms with Crippen LogP contribution in [-0.2, 0) is 11.2 Å². The summed E-state index contributed by atoms with van der Waals surface area (Å²) in [7, 11) is 0. The number of benzene rings is 1. The molecule has 1 aromatic rings. The van der Waals surface area contributed by atoms with Gasteiger partial charge in [0, 0.05) is 16.7 Å². The summed E-state index contributed by atoms with van der Waals surface area (Å²) in [6, 6.07) is 3.38. The van der Waals surface area contributed by atoms with Crippen molar-refractivity contribution in [2.24, 2.45) is 5.92 Å². The van der Waals surface area contributed by atoms with E-state index in [9.17, 15) is 4.79 Å². The SMILES string of the molecule is CC(Cc1cc(Cl)cc2c1OCO2)C(=O)O. The fraction of sp³-hybridized carbons (Fsp3) is 0.364. The van der Waals surface area contributed by atoms with Crippen molar-refractivity contribution in [2.45, 2.75) is 13.3 Å². The number of carboxylic acid groups (broad SMARTS) is 1. The second-order valence-corrected chi connectivity index (χ2v) is 4.18. The lowest BCUT2D eigenvalue weighted by molar-refractivity contribution is -0.141. The highest BCUT2D eigenvalue weighted by Crippen LogP contribution is 2.39.